The molecule has 1 aliphatic heterocycles. The second-order valence-electron chi connectivity index (χ2n) is 5.39. The predicted octanol–water partition coefficient (Wildman–Crippen LogP) is 3.23. The molecule has 0 aliphatic carbocycles. The SMILES string of the molecule is CC1Cc2ccccc2N1c1nc2ccc(N)cc2[nH]1. The first-order chi connectivity index (χ1) is 9.72. The molecule has 1 aromatic heterocycles. The van der Waals surface area contributed by atoms with Crippen molar-refractivity contribution in [3.63, 3.8) is 0 Å². The fourth-order valence-corrected chi connectivity index (χ4v) is 3.02. The summed E-state index contributed by atoms with van der Waals surface area (Å²) in [6.45, 7) is 2.22. The van der Waals surface area contributed by atoms with E-state index >= 15 is 0 Å². The van der Waals surface area contributed by atoms with Crippen molar-refractivity contribution in [2.75, 3.05) is 10.6 Å². The van der Waals surface area contributed by atoms with Gasteiger partial charge in [0.1, 0.15) is 0 Å². The fourth-order valence-electron chi connectivity index (χ4n) is 3.02. The highest BCUT2D eigenvalue weighted by Gasteiger charge is 2.28. The molecule has 3 N–H and O–H groups in total. The largest absolute Gasteiger partial charge is 0.399 e. The number of nitrogen functional groups attached to an aromatic ring is 1. The van der Waals surface area contributed by atoms with Crippen LogP contribution in [0.4, 0.5) is 17.3 Å². The first kappa shape index (κ1) is 11.3. The maximum absolute atomic E-state index is 5.83. The van der Waals surface area contributed by atoms with E-state index in [-0.39, 0.29) is 0 Å². The van der Waals surface area contributed by atoms with Gasteiger partial charge in [-0.1, -0.05) is 18.2 Å². The number of nitrogens with zero attached hydrogens (tertiary/aromatic N) is 2. The van der Waals surface area contributed by atoms with Crippen LogP contribution in [0.2, 0.25) is 0 Å². The number of anilines is 3. The maximum Gasteiger partial charge on any atom is 0.208 e. The number of hydrogen-bond donors (Lipinski definition) is 2. The van der Waals surface area contributed by atoms with Gasteiger partial charge in [0.25, 0.3) is 0 Å². The second-order valence-corrected chi connectivity index (χ2v) is 5.39. The Morgan fingerprint density at radius 2 is 2.10 bits per heavy atom. The monoisotopic (exact) mass is 264 g/mol. The molecule has 3 aromatic rings. The lowest BCUT2D eigenvalue weighted by atomic mass is 10.1. The summed E-state index contributed by atoms with van der Waals surface area (Å²) < 4.78 is 0. The van der Waals surface area contributed by atoms with Gasteiger partial charge in [-0.15, -0.1) is 0 Å². The van der Waals surface area contributed by atoms with Gasteiger partial charge in [0.15, 0.2) is 0 Å². The van der Waals surface area contributed by atoms with Crippen LogP contribution in [-0.4, -0.2) is 16.0 Å². The van der Waals surface area contributed by atoms with Gasteiger partial charge in [0, 0.05) is 17.4 Å². The smallest absolute Gasteiger partial charge is 0.208 e. The molecule has 0 bridgehead atoms. The number of fused-ring (bicyclic) bond motifs is 2. The third-order valence-corrected chi connectivity index (χ3v) is 3.93. The van der Waals surface area contributed by atoms with Crippen LogP contribution in [0, 0.1) is 0 Å². The number of aromatic nitrogens is 2. The lowest BCUT2D eigenvalue weighted by Gasteiger charge is -2.21. The van der Waals surface area contributed by atoms with E-state index in [2.05, 4.69) is 41.1 Å². The zero-order chi connectivity index (χ0) is 13.7. The minimum atomic E-state index is 0.408. The Balaban J connectivity index is 1.86. The molecule has 1 aliphatic rings. The van der Waals surface area contributed by atoms with Crippen molar-refractivity contribution in [3.8, 4) is 0 Å². The topological polar surface area (TPSA) is 57.9 Å². The van der Waals surface area contributed by atoms with Gasteiger partial charge < -0.3 is 15.6 Å². The number of nitrogens with one attached hydrogen (secondary N) is 1. The highest BCUT2D eigenvalue weighted by Crippen LogP contribution is 2.37. The first-order valence-electron chi connectivity index (χ1n) is 6.85. The van der Waals surface area contributed by atoms with E-state index in [1.54, 1.807) is 0 Å². The summed E-state index contributed by atoms with van der Waals surface area (Å²) in [4.78, 5) is 10.4. The third kappa shape index (κ3) is 1.58. The van der Waals surface area contributed by atoms with Gasteiger partial charge in [0.05, 0.1) is 11.0 Å². The number of aromatic amines is 1. The van der Waals surface area contributed by atoms with E-state index < -0.39 is 0 Å². The van der Waals surface area contributed by atoms with Gasteiger partial charge in [-0.25, -0.2) is 4.98 Å². The molecule has 1 unspecified atom stereocenters. The molecule has 0 radical (unpaired) electrons. The Labute approximate surface area is 117 Å². The summed E-state index contributed by atoms with van der Waals surface area (Å²) in [5, 5.41) is 0. The highest BCUT2D eigenvalue weighted by atomic mass is 15.3. The zero-order valence-corrected chi connectivity index (χ0v) is 11.3. The summed E-state index contributed by atoms with van der Waals surface area (Å²) in [6, 6.07) is 14.7. The number of nitrogens with two attached hydrogens (primary N) is 1. The molecule has 0 saturated heterocycles. The molecule has 100 valence electrons. The van der Waals surface area contributed by atoms with Crippen LogP contribution < -0.4 is 10.6 Å². The maximum atomic E-state index is 5.83. The molecular weight excluding hydrogens is 248 g/mol. The van der Waals surface area contributed by atoms with Crippen LogP contribution in [0.3, 0.4) is 0 Å². The van der Waals surface area contributed by atoms with Crippen molar-refractivity contribution >= 4 is 28.4 Å². The van der Waals surface area contributed by atoms with E-state index in [0.29, 0.717) is 6.04 Å². The fraction of sp³-hybridized carbons (Fsp3) is 0.188. The molecule has 0 saturated carbocycles. The van der Waals surface area contributed by atoms with Gasteiger partial charge in [-0.3, -0.25) is 0 Å². The van der Waals surface area contributed by atoms with Gasteiger partial charge in [-0.05, 0) is 43.2 Å². The Kier molecular flexibility index (Phi) is 2.27. The minimum Gasteiger partial charge on any atom is -0.399 e. The summed E-state index contributed by atoms with van der Waals surface area (Å²) in [7, 11) is 0. The summed E-state index contributed by atoms with van der Waals surface area (Å²) in [6.07, 6.45) is 1.05. The number of H-pyrrole nitrogens is 1. The third-order valence-electron chi connectivity index (χ3n) is 3.93. The predicted molar refractivity (Wildman–Crippen MR) is 82.3 cm³/mol. The average molecular weight is 264 g/mol. The summed E-state index contributed by atoms with van der Waals surface area (Å²) in [5.74, 6) is 0.892. The molecule has 2 heterocycles. The molecule has 20 heavy (non-hydrogen) atoms. The Morgan fingerprint density at radius 1 is 1.25 bits per heavy atom. The lowest BCUT2D eigenvalue weighted by Crippen LogP contribution is -2.24. The van der Waals surface area contributed by atoms with Gasteiger partial charge >= 0.3 is 0 Å². The lowest BCUT2D eigenvalue weighted by molar-refractivity contribution is 0.745. The molecule has 4 nitrogen and oxygen atoms in total. The standard InChI is InChI=1S/C16H16N4/c1-10-8-11-4-2-3-5-15(11)20(10)16-18-13-7-6-12(17)9-14(13)19-16/h2-7,9-10H,8,17H2,1H3,(H,18,19). The van der Waals surface area contributed by atoms with E-state index in [1.165, 1.54) is 11.3 Å². The van der Waals surface area contributed by atoms with Crippen LogP contribution in [0.15, 0.2) is 42.5 Å². The van der Waals surface area contributed by atoms with E-state index in [0.717, 1.165) is 29.1 Å². The van der Waals surface area contributed by atoms with Crippen molar-refractivity contribution in [2.24, 2.45) is 0 Å². The number of rotatable bonds is 1. The van der Waals surface area contributed by atoms with Crippen LogP contribution >= 0.6 is 0 Å². The zero-order valence-electron chi connectivity index (χ0n) is 11.3. The quantitative estimate of drug-likeness (QED) is 0.663. The number of benzene rings is 2. The summed E-state index contributed by atoms with van der Waals surface area (Å²) >= 11 is 0. The van der Waals surface area contributed by atoms with Crippen molar-refractivity contribution < 1.29 is 0 Å². The molecular formula is C16H16N4. The van der Waals surface area contributed by atoms with Gasteiger partial charge in [-0.2, -0.15) is 0 Å². The van der Waals surface area contributed by atoms with E-state index in [9.17, 15) is 0 Å². The van der Waals surface area contributed by atoms with Crippen LogP contribution in [0.5, 0.6) is 0 Å². The normalized spacial score (nSPS) is 17.6. The molecule has 0 amide bonds. The second kappa shape index (κ2) is 4.00. The van der Waals surface area contributed by atoms with Gasteiger partial charge in [0.2, 0.25) is 5.95 Å². The van der Waals surface area contributed by atoms with E-state index in [4.69, 9.17) is 10.7 Å². The average Bonchev–Trinajstić information content (AvgIpc) is 2.97. The Bertz CT molecular complexity index is 790. The summed E-state index contributed by atoms with van der Waals surface area (Å²) in [5.41, 5.74) is 11.1. The van der Waals surface area contributed by atoms with Crippen LogP contribution in [0.25, 0.3) is 11.0 Å². The number of hydrogen-bond acceptors (Lipinski definition) is 3. The Hall–Kier alpha value is -2.49. The molecule has 1 atom stereocenters. The highest BCUT2D eigenvalue weighted by molar-refractivity contribution is 5.82. The minimum absolute atomic E-state index is 0.408. The molecule has 0 fully saturated rings. The Morgan fingerprint density at radius 3 is 3.00 bits per heavy atom. The number of para-hydroxylation sites is 1. The van der Waals surface area contributed by atoms with Crippen molar-refractivity contribution in [2.45, 2.75) is 19.4 Å². The molecule has 0 spiro atoms. The molecule has 4 heteroatoms. The van der Waals surface area contributed by atoms with Crippen LogP contribution in [0.1, 0.15) is 12.5 Å². The molecule has 2 aromatic carbocycles. The van der Waals surface area contributed by atoms with Crippen molar-refractivity contribution in [1.29, 1.82) is 0 Å². The van der Waals surface area contributed by atoms with Crippen molar-refractivity contribution in [3.05, 3.63) is 48.0 Å². The number of imidazole rings is 1. The molecule has 4 rings (SSSR count). The van der Waals surface area contributed by atoms with Crippen LogP contribution in [-0.2, 0) is 6.42 Å². The first-order valence-corrected chi connectivity index (χ1v) is 6.85. The van der Waals surface area contributed by atoms with E-state index in [1.807, 2.05) is 18.2 Å². The van der Waals surface area contributed by atoms with Crippen molar-refractivity contribution in [1.82, 2.24) is 9.97 Å².